The molecule has 120 valence electrons. The smallest absolute Gasteiger partial charge is 0.231 e. The Morgan fingerprint density at radius 2 is 2.39 bits per heavy atom. The van der Waals surface area contributed by atoms with Crippen molar-refractivity contribution in [3.8, 4) is 0 Å². The fourth-order valence-corrected chi connectivity index (χ4v) is 3.80. The highest BCUT2D eigenvalue weighted by Crippen LogP contribution is 2.24. The number of thiazole rings is 1. The molecule has 3 aromatic heterocycles. The molecule has 1 aliphatic heterocycles. The standard InChI is InChI=1S/C14H17N7OS/c1-9-8-23-14-16-10(7-20(9)14)6-15-13(22)11-4-2-3-5-21-12(11)17-18-19-21/h7-8,11H,2-6H2,1H3,(H,15,22)/t11-/m1/s1. The van der Waals surface area contributed by atoms with Gasteiger partial charge in [0.15, 0.2) is 10.8 Å². The lowest BCUT2D eigenvalue weighted by Gasteiger charge is -2.12. The summed E-state index contributed by atoms with van der Waals surface area (Å²) in [5.41, 5.74) is 2.01. The molecule has 0 saturated carbocycles. The molecule has 0 aromatic carbocycles. The van der Waals surface area contributed by atoms with Crippen LogP contribution < -0.4 is 5.32 Å². The number of aromatic nitrogens is 6. The van der Waals surface area contributed by atoms with Gasteiger partial charge in [0.05, 0.1) is 18.2 Å². The summed E-state index contributed by atoms with van der Waals surface area (Å²) in [6, 6.07) is 0. The van der Waals surface area contributed by atoms with E-state index in [-0.39, 0.29) is 11.8 Å². The van der Waals surface area contributed by atoms with E-state index in [1.54, 1.807) is 16.0 Å². The van der Waals surface area contributed by atoms with Crippen LogP contribution in [0.1, 0.15) is 42.4 Å². The maximum absolute atomic E-state index is 12.6. The number of nitrogens with one attached hydrogen (secondary N) is 1. The summed E-state index contributed by atoms with van der Waals surface area (Å²) in [7, 11) is 0. The van der Waals surface area contributed by atoms with Crippen molar-refractivity contribution in [1.29, 1.82) is 0 Å². The molecule has 0 spiro atoms. The van der Waals surface area contributed by atoms with Crippen LogP contribution in [0.3, 0.4) is 0 Å². The van der Waals surface area contributed by atoms with Crippen molar-refractivity contribution in [1.82, 2.24) is 34.9 Å². The molecule has 1 N–H and O–H groups in total. The average Bonchev–Trinajstić information content (AvgIpc) is 3.21. The summed E-state index contributed by atoms with van der Waals surface area (Å²) < 4.78 is 3.78. The van der Waals surface area contributed by atoms with E-state index in [0.717, 1.165) is 42.2 Å². The zero-order valence-electron chi connectivity index (χ0n) is 12.8. The minimum atomic E-state index is -0.280. The number of aryl methyl sites for hydroxylation is 2. The van der Waals surface area contributed by atoms with Gasteiger partial charge in [-0.15, -0.1) is 16.4 Å². The van der Waals surface area contributed by atoms with Gasteiger partial charge in [0.2, 0.25) is 5.91 Å². The first-order chi connectivity index (χ1) is 11.2. The van der Waals surface area contributed by atoms with Crippen LogP contribution in [-0.2, 0) is 17.9 Å². The third-order valence-electron chi connectivity index (χ3n) is 4.18. The average molecular weight is 331 g/mol. The van der Waals surface area contributed by atoms with E-state index in [0.29, 0.717) is 12.4 Å². The minimum Gasteiger partial charge on any atom is -0.350 e. The molecule has 0 bridgehead atoms. The first kappa shape index (κ1) is 14.3. The van der Waals surface area contributed by atoms with Gasteiger partial charge in [-0.05, 0) is 30.2 Å². The third-order valence-corrected chi connectivity index (χ3v) is 5.14. The van der Waals surface area contributed by atoms with Crippen LogP contribution in [0.4, 0.5) is 0 Å². The van der Waals surface area contributed by atoms with Gasteiger partial charge in [-0.2, -0.15) is 0 Å². The maximum Gasteiger partial charge on any atom is 0.231 e. The van der Waals surface area contributed by atoms with E-state index in [1.807, 2.05) is 17.5 Å². The Labute approximate surface area is 136 Å². The third kappa shape index (κ3) is 2.61. The Kier molecular flexibility index (Phi) is 3.56. The van der Waals surface area contributed by atoms with E-state index in [9.17, 15) is 4.79 Å². The number of amides is 1. The molecule has 1 amide bonds. The number of fused-ring (bicyclic) bond motifs is 2. The van der Waals surface area contributed by atoms with Crippen LogP contribution in [0.5, 0.6) is 0 Å². The van der Waals surface area contributed by atoms with Gasteiger partial charge in [-0.1, -0.05) is 6.42 Å². The number of nitrogens with zero attached hydrogens (tertiary/aromatic N) is 6. The molecule has 3 aromatic rings. The van der Waals surface area contributed by atoms with Crippen molar-refractivity contribution in [2.45, 2.75) is 45.2 Å². The Morgan fingerprint density at radius 1 is 1.48 bits per heavy atom. The monoisotopic (exact) mass is 331 g/mol. The van der Waals surface area contributed by atoms with Crippen LogP contribution in [-0.4, -0.2) is 35.5 Å². The van der Waals surface area contributed by atoms with E-state index in [4.69, 9.17) is 0 Å². The fraction of sp³-hybridized carbons (Fsp3) is 0.500. The van der Waals surface area contributed by atoms with Gasteiger partial charge in [-0.25, -0.2) is 9.67 Å². The Hall–Kier alpha value is -2.29. The van der Waals surface area contributed by atoms with Gasteiger partial charge < -0.3 is 5.32 Å². The Bertz CT molecular complexity index is 848. The van der Waals surface area contributed by atoms with E-state index < -0.39 is 0 Å². The quantitative estimate of drug-likeness (QED) is 0.781. The molecule has 1 aliphatic rings. The van der Waals surface area contributed by atoms with Gasteiger partial charge in [0.1, 0.15) is 0 Å². The second kappa shape index (κ2) is 5.73. The summed E-state index contributed by atoms with van der Waals surface area (Å²) in [6.07, 6.45) is 4.74. The van der Waals surface area contributed by atoms with Crippen molar-refractivity contribution >= 4 is 22.2 Å². The molecule has 0 radical (unpaired) electrons. The van der Waals surface area contributed by atoms with Crippen LogP contribution >= 0.6 is 11.3 Å². The molecular formula is C14H17N7OS. The van der Waals surface area contributed by atoms with Crippen molar-refractivity contribution in [3.63, 3.8) is 0 Å². The lowest BCUT2D eigenvalue weighted by atomic mass is 10.0. The highest BCUT2D eigenvalue weighted by Gasteiger charge is 2.28. The number of carbonyl (C=O) groups is 1. The maximum atomic E-state index is 12.6. The minimum absolute atomic E-state index is 0.0315. The number of imidazole rings is 1. The second-order valence-electron chi connectivity index (χ2n) is 5.79. The molecule has 23 heavy (non-hydrogen) atoms. The molecule has 0 saturated heterocycles. The predicted octanol–water partition coefficient (Wildman–Crippen LogP) is 1.27. The van der Waals surface area contributed by atoms with Crippen molar-refractivity contribution < 1.29 is 4.79 Å². The topological polar surface area (TPSA) is 90.0 Å². The largest absolute Gasteiger partial charge is 0.350 e. The molecular weight excluding hydrogens is 314 g/mol. The van der Waals surface area contributed by atoms with E-state index >= 15 is 0 Å². The van der Waals surface area contributed by atoms with Gasteiger partial charge in [0, 0.05) is 23.8 Å². The lowest BCUT2D eigenvalue weighted by Crippen LogP contribution is -2.30. The number of tetrazole rings is 1. The number of rotatable bonds is 3. The highest BCUT2D eigenvalue weighted by molar-refractivity contribution is 7.15. The highest BCUT2D eigenvalue weighted by atomic mass is 32.1. The zero-order valence-corrected chi connectivity index (χ0v) is 13.6. The van der Waals surface area contributed by atoms with E-state index in [1.165, 1.54) is 0 Å². The predicted molar refractivity (Wildman–Crippen MR) is 84.1 cm³/mol. The SMILES string of the molecule is Cc1csc2nc(CNC(=O)[C@@H]3CCCCn4nnnc43)cn12. The lowest BCUT2D eigenvalue weighted by molar-refractivity contribution is -0.123. The van der Waals surface area contributed by atoms with Crippen LogP contribution in [0, 0.1) is 6.92 Å². The first-order valence-electron chi connectivity index (χ1n) is 7.68. The molecule has 0 fully saturated rings. The van der Waals surface area contributed by atoms with Crippen LogP contribution in [0.25, 0.3) is 4.96 Å². The summed E-state index contributed by atoms with van der Waals surface area (Å²) in [6.45, 7) is 3.24. The van der Waals surface area contributed by atoms with Gasteiger partial charge in [0.25, 0.3) is 0 Å². The molecule has 4 rings (SSSR count). The molecule has 1 atom stereocenters. The fourth-order valence-electron chi connectivity index (χ4n) is 2.93. The first-order valence-corrected chi connectivity index (χ1v) is 8.56. The van der Waals surface area contributed by atoms with Crippen molar-refractivity contribution in [2.75, 3.05) is 0 Å². The normalized spacial score (nSPS) is 17.9. The Balaban J connectivity index is 1.47. The Morgan fingerprint density at radius 3 is 3.26 bits per heavy atom. The second-order valence-corrected chi connectivity index (χ2v) is 6.62. The van der Waals surface area contributed by atoms with Gasteiger partial charge in [-0.3, -0.25) is 9.20 Å². The molecule has 9 heteroatoms. The summed E-state index contributed by atoms with van der Waals surface area (Å²) in [5.74, 6) is 0.357. The number of carbonyl (C=O) groups excluding carboxylic acids is 1. The van der Waals surface area contributed by atoms with E-state index in [2.05, 4.69) is 31.2 Å². The van der Waals surface area contributed by atoms with Crippen molar-refractivity contribution in [2.24, 2.45) is 0 Å². The summed E-state index contributed by atoms with van der Waals surface area (Å²) in [5, 5.41) is 16.7. The van der Waals surface area contributed by atoms with Crippen LogP contribution in [0.15, 0.2) is 11.6 Å². The van der Waals surface area contributed by atoms with Crippen molar-refractivity contribution in [3.05, 3.63) is 28.8 Å². The molecule has 0 aliphatic carbocycles. The summed E-state index contributed by atoms with van der Waals surface area (Å²) in [4.78, 5) is 18.0. The zero-order chi connectivity index (χ0) is 15.8. The molecule has 0 unspecified atom stereocenters. The molecule has 8 nitrogen and oxygen atoms in total. The summed E-state index contributed by atoms with van der Waals surface area (Å²) >= 11 is 1.60. The number of hydrogen-bond acceptors (Lipinski definition) is 6. The number of hydrogen-bond donors (Lipinski definition) is 1. The molecule has 4 heterocycles. The van der Waals surface area contributed by atoms with Gasteiger partial charge >= 0.3 is 0 Å². The van der Waals surface area contributed by atoms with Crippen LogP contribution in [0.2, 0.25) is 0 Å².